The Balaban J connectivity index is 4.08. The Morgan fingerprint density at radius 3 is 2.07 bits per heavy atom. The lowest BCUT2D eigenvalue weighted by Gasteiger charge is -2.33. The first-order chi connectivity index (χ1) is 6.71. The normalized spacial score (nSPS) is 18.6. The van der Waals surface area contributed by atoms with Gasteiger partial charge in [-0.15, -0.1) is 0 Å². The molecule has 0 saturated heterocycles. The quantitative estimate of drug-likeness (QED) is 0.664. The van der Waals surface area contributed by atoms with E-state index in [1.54, 1.807) is 21.0 Å². The van der Waals surface area contributed by atoms with Crippen LogP contribution in [0.2, 0.25) is 0 Å². The van der Waals surface area contributed by atoms with Gasteiger partial charge in [-0.2, -0.15) is 0 Å². The van der Waals surface area contributed by atoms with Crippen LogP contribution in [0.1, 0.15) is 27.7 Å². The molecule has 0 aliphatic rings. The highest BCUT2D eigenvalue weighted by Crippen LogP contribution is 2.21. The van der Waals surface area contributed by atoms with Crippen LogP contribution in [0.5, 0.6) is 0 Å². The highest BCUT2D eigenvalue weighted by atomic mass is 16.5. The van der Waals surface area contributed by atoms with Gasteiger partial charge in [-0.05, 0) is 20.8 Å². The largest absolute Gasteiger partial charge is 0.388 e. The molecule has 2 unspecified atom stereocenters. The van der Waals surface area contributed by atoms with Crippen LogP contribution in [0, 0.1) is 5.41 Å². The average Bonchev–Trinajstić information content (AvgIpc) is 2.01. The first-order valence-corrected chi connectivity index (χ1v) is 5.26. The lowest BCUT2D eigenvalue weighted by Crippen LogP contribution is -2.45. The molecule has 0 heterocycles. The summed E-state index contributed by atoms with van der Waals surface area (Å²) in [6, 6.07) is -0.0146. The summed E-state index contributed by atoms with van der Waals surface area (Å²) in [7, 11) is 1.65. The van der Waals surface area contributed by atoms with E-state index in [0.717, 1.165) is 0 Å². The van der Waals surface area contributed by atoms with E-state index in [9.17, 15) is 5.11 Å². The number of nitrogens with two attached hydrogens (primary N) is 1. The van der Waals surface area contributed by atoms with Crippen LogP contribution in [0.4, 0.5) is 0 Å². The predicted molar refractivity (Wildman–Crippen MR) is 60.7 cm³/mol. The topological polar surface area (TPSA) is 64.7 Å². The van der Waals surface area contributed by atoms with Crippen molar-refractivity contribution < 1.29 is 14.6 Å². The minimum Gasteiger partial charge on any atom is -0.388 e. The van der Waals surface area contributed by atoms with Crippen molar-refractivity contribution in [3.05, 3.63) is 0 Å². The third-order valence-corrected chi connectivity index (χ3v) is 2.46. The molecule has 0 spiro atoms. The molecule has 0 aromatic heterocycles. The molecule has 4 nitrogen and oxygen atoms in total. The Kier molecular flexibility index (Phi) is 5.73. The molecule has 0 radical (unpaired) electrons. The van der Waals surface area contributed by atoms with Gasteiger partial charge in [-0.1, -0.05) is 6.92 Å². The van der Waals surface area contributed by atoms with Gasteiger partial charge in [0.15, 0.2) is 0 Å². The summed E-state index contributed by atoms with van der Waals surface area (Å²) in [5, 5.41) is 9.50. The van der Waals surface area contributed by atoms with E-state index in [4.69, 9.17) is 15.2 Å². The van der Waals surface area contributed by atoms with Gasteiger partial charge in [0, 0.05) is 18.6 Å². The average molecular weight is 219 g/mol. The van der Waals surface area contributed by atoms with E-state index in [0.29, 0.717) is 19.8 Å². The second-order valence-electron chi connectivity index (χ2n) is 5.18. The van der Waals surface area contributed by atoms with E-state index >= 15 is 0 Å². The molecular formula is C11H25NO3. The van der Waals surface area contributed by atoms with Crippen LogP contribution in [0.15, 0.2) is 0 Å². The maximum atomic E-state index is 9.50. The second kappa shape index (κ2) is 5.80. The van der Waals surface area contributed by atoms with Crippen molar-refractivity contribution in [1.29, 1.82) is 0 Å². The molecule has 3 N–H and O–H groups in total. The molecule has 92 valence electrons. The van der Waals surface area contributed by atoms with E-state index in [1.807, 2.05) is 13.8 Å². The van der Waals surface area contributed by atoms with Crippen LogP contribution in [-0.2, 0) is 9.47 Å². The standard InChI is InChI=1S/C11H25NO3/c1-9(12)11(4,7-14-5)8-15-6-10(2,3)13/h9,13H,6-8,12H2,1-5H3. The summed E-state index contributed by atoms with van der Waals surface area (Å²) in [5.74, 6) is 0. The summed E-state index contributed by atoms with van der Waals surface area (Å²) in [6.07, 6.45) is 0. The molecule has 0 aliphatic carbocycles. The SMILES string of the molecule is COCC(C)(COCC(C)(C)O)C(C)N. The monoisotopic (exact) mass is 219 g/mol. The molecule has 0 saturated carbocycles. The molecule has 0 amide bonds. The van der Waals surface area contributed by atoms with Crippen LogP contribution >= 0.6 is 0 Å². The van der Waals surface area contributed by atoms with Gasteiger partial charge in [0.1, 0.15) is 0 Å². The van der Waals surface area contributed by atoms with Gasteiger partial charge in [0.25, 0.3) is 0 Å². The van der Waals surface area contributed by atoms with Gasteiger partial charge < -0.3 is 20.3 Å². The number of ether oxygens (including phenoxy) is 2. The van der Waals surface area contributed by atoms with Crippen LogP contribution in [0.25, 0.3) is 0 Å². The van der Waals surface area contributed by atoms with E-state index in [1.165, 1.54) is 0 Å². The van der Waals surface area contributed by atoms with Gasteiger partial charge in [-0.3, -0.25) is 0 Å². The smallest absolute Gasteiger partial charge is 0.0824 e. The molecule has 15 heavy (non-hydrogen) atoms. The summed E-state index contributed by atoms with van der Waals surface area (Å²) in [4.78, 5) is 0. The molecule has 0 aromatic rings. The fourth-order valence-corrected chi connectivity index (χ4v) is 1.17. The van der Waals surface area contributed by atoms with Crippen molar-refractivity contribution in [3.63, 3.8) is 0 Å². The predicted octanol–water partition coefficient (Wildman–Crippen LogP) is 0.774. The summed E-state index contributed by atoms with van der Waals surface area (Å²) in [6.45, 7) is 8.73. The maximum absolute atomic E-state index is 9.50. The zero-order valence-corrected chi connectivity index (χ0v) is 10.5. The maximum Gasteiger partial charge on any atom is 0.0824 e. The van der Waals surface area contributed by atoms with Gasteiger partial charge in [0.05, 0.1) is 25.4 Å². The molecule has 0 aromatic carbocycles. The van der Waals surface area contributed by atoms with Crippen molar-refractivity contribution >= 4 is 0 Å². The zero-order valence-electron chi connectivity index (χ0n) is 10.5. The summed E-state index contributed by atoms with van der Waals surface area (Å²) in [5.41, 5.74) is 4.88. The van der Waals surface area contributed by atoms with Crippen molar-refractivity contribution in [2.45, 2.75) is 39.3 Å². The molecule has 0 rings (SSSR count). The van der Waals surface area contributed by atoms with Crippen LogP contribution in [0.3, 0.4) is 0 Å². The van der Waals surface area contributed by atoms with Gasteiger partial charge >= 0.3 is 0 Å². The molecule has 0 fully saturated rings. The van der Waals surface area contributed by atoms with Crippen LogP contribution < -0.4 is 5.73 Å². The molecular weight excluding hydrogens is 194 g/mol. The van der Waals surface area contributed by atoms with Crippen molar-refractivity contribution in [1.82, 2.24) is 0 Å². The van der Waals surface area contributed by atoms with Gasteiger partial charge in [-0.25, -0.2) is 0 Å². The Labute approximate surface area is 92.7 Å². The van der Waals surface area contributed by atoms with E-state index < -0.39 is 5.60 Å². The number of aliphatic hydroxyl groups is 1. The van der Waals surface area contributed by atoms with Crippen LogP contribution in [-0.4, -0.2) is 43.7 Å². The Bertz CT molecular complexity index is 177. The summed E-state index contributed by atoms with van der Waals surface area (Å²) >= 11 is 0. The van der Waals surface area contributed by atoms with Crippen molar-refractivity contribution in [2.75, 3.05) is 26.9 Å². The first-order valence-electron chi connectivity index (χ1n) is 5.26. The third kappa shape index (κ3) is 6.10. The highest BCUT2D eigenvalue weighted by Gasteiger charge is 2.30. The second-order valence-corrected chi connectivity index (χ2v) is 5.18. The lowest BCUT2D eigenvalue weighted by molar-refractivity contribution is -0.0644. The zero-order chi connectivity index (χ0) is 12.1. The minimum absolute atomic E-state index is 0.0146. The highest BCUT2D eigenvalue weighted by molar-refractivity contribution is 4.82. The lowest BCUT2D eigenvalue weighted by atomic mass is 9.85. The Hall–Kier alpha value is -0.160. The number of rotatable bonds is 7. The van der Waals surface area contributed by atoms with Crippen molar-refractivity contribution in [2.24, 2.45) is 11.1 Å². The fraction of sp³-hybridized carbons (Fsp3) is 1.00. The number of methoxy groups -OCH3 is 1. The molecule has 2 atom stereocenters. The van der Waals surface area contributed by atoms with Crippen molar-refractivity contribution in [3.8, 4) is 0 Å². The van der Waals surface area contributed by atoms with Gasteiger partial charge in [0.2, 0.25) is 0 Å². The number of hydrogen-bond acceptors (Lipinski definition) is 4. The first kappa shape index (κ1) is 14.8. The Morgan fingerprint density at radius 1 is 1.20 bits per heavy atom. The minimum atomic E-state index is -0.800. The number of hydrogen-bond donors (Lipinski definition) is 2. The molecule has 0 aliphatic heterocycles. The van der Waals surface area contributed by atoms with E-state index in [2.05, 4.69) is 0 Å². The third-order valence-electron chi connectivity index (χ3n) is 2.46. The molecule has 4 heteroatoms. The molecule has 0 bridgehead atoms. The summed E-state index contributed by atoms with van der Waals surface area (Å²) < 4.78 is 10.6. The fourth-order valence-electron chi connectivity index (χ4n) is 1.17. The van der Waals surface area contributed by atoms with E-state index in [-0.39, 0.29) is 11.5 Å². The Morgan fingerprint density at radius 2 is 1.73 bits per heavy atom.